The van der Waals surface area contributed by atoms with Gasteiger partial charge in [0.1, 0.15) is 5.56 Å². The molecule has 9 nitrogen and oxygen atoms in total. The van der Waals surface area contributed by atoms with E-state index in [0.717, 1.165) is 22.9 Å². The van der Waals surface area contributed by atoms with E-state index in [4.69, 9.17) is 0 Å². The van der Waals surface area contributed by atoms with Crippen molar-refractivity contribution in [2.75, 3.05) is 0 Å². The van der Waals surface area contributed by atoms with Crippen LogP contribution >= 0.6 is 0 Å². The normalized spacial score (nSPS) is 11.8. The van der Waals surface area contributed by atoms with E-state index >= 15 is 0 Å². The number of hydrogen-bond donors (Lipinski definition) is 2. The molecule has 2 aromatic heterocycles. The lowest BCUT2D eigenvalue weighted by Crippen LogP contribution is -2.42. The third-order valence-corrected chi connectivity index (χ3v) is 5.65. The molecule has 0 saturated carbocycles. The molecule has 0 atom stereocenters. The standard InChI is InChI=1S/C22H17F3N4O5/c1-11-12(4-3-5-15(11)22(23,24)25)9-29-18(30)14(19(31)32)10-28(21(29)34)13-6-7-17-16(8-13)26-20(33)27(17)2/h3-8,10H,9H2,1-2H3,(H,26,33)(H,31,32). The largest absolute Gasteiger partial charge is 0.477 e. The van der Waals surface area contributed by atoms with E-state index in [-0.39, 0.29) is 16.8 Å². The molecule has 0 bridgehead atoms. The molecule has 12 heteroatoms. The van der Waals surface area contributed by atoms with E-state index in [1.165, 1.54) is 42.8 Å². The highest BCUT2D eigenvalue weighted by Crippen LogP contribution is 2.33. The Balaban J connectivity index is 1.94. The van der Waals surface area contributed by atoms with Crippen molar-refractivity contribution in [1.29, 1.82) is 0 Å². The maximum absolute atomic E-state index is 13.3. The van der Waals surface area contributed by atoms with Gasteiger partial charge in [0.2, 0.25) is 0 Å². The lowest BCUT2D eigenvalue weighted by atomic mass is 10.0. The molecule has 4 aromatic rings. The van der Waals surface area contributed by atoms with Gasteiger partial charge in [-0.05, 0) is 42.3 Å². The first-order chi connectivity index (χ1) is 15.9. The molecule has 0 aliphatic carbocycles. The summed E-state index contributed by atoms with van der Waals surface area (Å²) in [6.45, 7) is 0.640. The van der Waals surface area contributed by atoms with Gasteiger partial charge in [-0.25, -0.2) is 14.4 Å². The quantitative estimate of drug-likeness (QED) is 0.470. The van der Waals surface area contributed by atoms with E-state index in [2.05, 4.69) is 4.98 Å². The molecular formula is C22H17F3N4O5. The number of fused-ring (bicyclic) bond motifs is 1. The van der Waals surface area contributed by atoms with Crippen molar-refractivity contribution in [3.05, 3.63) is 96.2 Å². The summed E-state index contributed by atoms with van der Waals surface area (Å²) in [5.41, 5.74) is -3.30. The van der Waals surface area contributed by atoms with Gasteiger partial charge in [0.05, 0.1) is 28.8 Å². The van der Waals surface area contributed by atoms with Gasteiger partial charge in [-0.3, -0.25) is 18.5 Å². The van der Waals surface area contributed by atoms with Crippen molar-refractivity contribution in [3.63, 3.8) is 0 Å². The Hall–Kier alpha value is -4.35. The van der Waals surface area contributed by atoms with Gasteiger partial charge >= 0.3 is 23.5 Å². The van der Waals surface area contributed by atoms with E-state index in [9.17, 15) is 37.5 Å². The Bertz CT molecular complexity index is 1640. The molecule has 2 heterocycles. The topological polar surface area (TPSA) is 119 Å². The summed E-state index contributed by atoms with van der Waals surface area (Å²) >= 11 is 0. The van der Waals surface area contributed by atoms with Crippen LogP contribution in [0.1, 0.15) is 27.0 Å². The van der Waals surface area contributed by atoms with Crippen LogP contribution in [0.15, 0.2) is 57.0 Å². The Kier molecular flexibility index (Phi) is 5.31. The molecule has 0 aliphatic rings. The molecule has 34 heavy (non-hydrogen) atoms. The lowest BCUT2D eigenvalue weighted by molar-refractivity contribution is -0.138. The maximum Gasteiger partial charge on any atom is 0.416 e. The number of aryl methyl sites for hydroxylation is 1. The molecule has 2 N–H and O–H groups in total. The van der Waals surface area contributed by atoms with Crippen molar-refractivity contribution in [2.45, 2.75) is 19.6 Å². The second-order valence-electron chi connectivity index (χ2n) is 7.67. The highest BCUT2D eigenvalue weighted by Gasteiger charge is 2.33. The zero-order chi connectivity index (χ0) is 24.9. The first-order valence-electron chi connectivity index (χ1n) is 9.84. The predicted molar refractivity (Wildman–Crippen MR) is 116 cm³/mol. The third kappa shape index (κ3) is 3.72. The van der Waals surface area contributed by atoms with Gasteiger partial charge in [-0.2, -0.15) is 13.2 Å². The summed E-state index contributed by atoms with van der Waals surface area (Å²) in [5, 5.41) is 9.51. The monoisotopic (exact) mass is 474 g/mol. The summed E-state index contributed by atoms with van der Waals surface area (Å²) < 4.78 is 42.7. The number of aromatic amines is 1. The van der Waals surface area contributed by atoms with Crippen LogP contribution in [0.4, 0.5) is 13.2 Å². The van der Waals surface area contributed by atoms with Crippen LogP contribution in [0.5, 0.6) is 0 Å². The first kappa shape index (κ1) is 22.8. The van der Waals surface area contributed by atoms with Crippen LogP contribution < -0.4 is 16.9 Å². The van der Waals surface area contributed by atoms with Gasteiger partial charge in [-0.15, -0.1) is 0 Å². The number of alkyl halides is 3. The van der Waals surface area contributed by atoms with Crippen molar-refractivity contribution < 1.29 is 23.1 Å². The fourth-order valence-corrected chi connectivity index (χ4v) is 3.78. The first-order valence-corrected chi connectivity index (χ1v) is 9.84. The molecule has 176 valence electrons. The fourth-order valence-electron chi connectivity index (χ4n) is 3.78. The van der Waals surface area contributed by atoms with E-state index in [0.29, 0.717) is 15.6 Å². The van der Waals surface area contributed by atoms with Gasteiger partial charge in [0.25, 0.3) is 5.56 Å². The van der Waals surface area contributed by atoms with Crippen LogP contribution in [0.3, 0.4) is 0 Å². The molecule has 0 spiro atoms. The number of rotatable bonds is 4. The van der Waals surface area contributed by atoms with Crippen LogP contribution in [0.2, 0.25) is 0 Å². The molecule has 0 saturated heterocycles. The minimum absolute atomic E-state index is 0.0333. The lowest BCUT2D eigenvalue weighted by Gasteiger charge is -2.16. The maximum atomic E-state index is 13.3. The molecule has 0 amide bonds. The molecule has 0 radical (unpaired) electrons. The number of carboxylic acids is 1. The zero-order valence-corrected chi connectivity index (χ0v) is 17.8. The fraction of sp³-hybridized carbons (Fsp3) is 0.182. The van der Waals surface area contributed by atoms with Gasteiger partial charge in [0, 0.05) is 13.2 Å². The SMILES string of the molecule is Cc1c(Cn2c(=O)c(C(=O)O)cn(-c3ccc4c(c3)[nH]c(=O)n4C)c2=O)cccc1C(F)(F)F. The number of nitrogens with zero attached hydrogens (tertiary/aromatic N) is 3. The van der Waals surface area contributed by atoms with Crippen LogP contribution in [0, 0.1) is 6.92 Å². The van der Waals surface area contributed by atoms with Gasteiger partial charge < -0.3 is 10.1 Å². The number of benzene rings is 2. The number of carboxylic acid groups (broad SMARTS) is 1. The minimum atomic E-state index is -4.64. The third-order valence-electron chi connectivity index (χ3n) is 5.65. The molecule has 4 rings (SSSR count). The number of aromatic nitrogens is 4. The second kappa shape index (κ2) is 7.90. The molecule has 0 aliphatic heterocycles. The summed E-state index contributed by atoms with van der Waals surface area (Å²) in [6.07, 6.45) is -3.79. The minimum Gasteiger partial charge on any atom is -0.477 e. The molecular weight excluding hydrogens is 457 g/mol. The number of nitrogens with one attached hydrogen (secondary N) is 1. The van der Waals surface area contributed by atoms with Gasteiger partial charge in [-0.1, -0.05) is 12.1 Å². The van der Waals surface area contributed by atoms with Crippen molar-refractivity contribution >= 4 is 17.0 Å². The van der Waals surface area contributed by atoms with Crippen molar-refractivity contribution in [2.24, 2.45) is 7.05 Å². The average Bonchev–Trinajstić information content (AvgIpc) is 3.04. The summed E-state index contributed by atoms with van der Waals surface area (Å²) in [7, 11) is 1.53. The smallest absolute Gasteiger partial charge is 0.416 e. The van der Waals surface area contributed by atoms with Crippen molar-refractivity contribution in [1.82, 2.24) is 18.7 Å². The van der Waals surface area contributed by atoms with E-state index in [1.807, 2.05) is 0 Å². The van der Waals surface area contributed by atoms with E-state index < -0.39 is 46.8 Å². The number of hydrogen-bond acceptors (Lipinski definition) is 4. The molecule has 0 fully saturated rings. The summed E-state index contributed by atoms with van der Waals surface area (Å²) in [5.74, 6) is -1.61. The molecule has 0 unspecified atom stereocenters. The highest BCUT2D eigenvalue weighted by molar-refractivity contribution is 5.87. The Morgan fingerprint density at radius 2 is 1.82 bits per heavy atom. The van der Waals surface area contributed by atoms with Crippen molar-refractivity contribution in [3.8, 4) is 5.69 Å². The summed E-state index contributed by atoms with van der Waals surface area (Å²) in [4.78, 5) is 52.1. The number of imidazole rings is 1. The number of H-pyrrole nitrogens is 1. The van der Waals surface area contributed by atoms with Crippen LogP contribution in [-0.4, -0.2) is 29.8 Å². The Labute approximate surface area is 187 Å². The second-order valence-corrected chi connectivity index (χ2v) is 7.67. The summed E-state index contributed by atoms with van der Waals surface area (Å²) in [6, 6.07) is 7.76. The zero-order valence-electron chi connectivity index (χ0n) is 17.8. The molecule has 2 aromatic carbocycles. The van der Waals surface area contributed by atoms with Crippen LogP contribution in [0.25, 0.3) is 16.7 Å². The van der Waals surface area contributed by atoms with E-state index in [1.54, 1.807) is 0 Å². The Morgan fingerprint density at radius 1 is 1.12 bits per heavy atom. The van der Waals surface area contributed by atoms with Gasteiger partial charge in [0.15, 0.2) is 0 Å². The number of halogens is 3. The predicted octanol–water partition coefficient (Wildman–Crippen LogP) is 2.25. The number of carbonyl (C=O) groups is 1. The average molecular weight is 474 g/mol. The highest BCUT2D eigenvalue weighted by atomic mass is 19.4. The van der Waals surface area contributed by atoms with Crippen LogP contribution in [-0.2, 0) is 19.8 Å². The number of aromatic carboxylic acids is 1. The Morgan fingerprint density at radius 3 is 2.47 bits per heavy atom.